The van der Waals surface area contributed by atoms with Gasteiger partial charge in [-0.05, 0) is 12.8 Å². The molecule has 0 heterocycles. The molecule has 0 radical (unpaired) electrons. The number of hydrogen-bond acceptors (Lipinski definition) is 2. The van der Waals surface area contributed by atoms with Gasteiger partial charge >= 0.3 is 5.97 Å². The lowest BCUT2D eigenvalue weighted by Gasteiger charge is -1.98. The van der Waals surface area contributed by atoms with Gasteiger partial charge in [-0.1, -0.05) is 26.3 Å². The summed E-state index contributed by atoms with van der Waals surface area (Å²) >= 11 is 0. The summed E-state index contributed by atoms with van der Waals surface area (Å²) in [5, 5.41) is 0. The lowest BCUT2D eigenvalue weighted by Crippen LogP contribution is -2.03. The maximum Gasteiger partial charge on any atom is 0.347 e. The first-order chi connectivity index (χ1) is 5.26. The number of rotatable bonds is 3. The monoisotopic (exact) mass is 152 g/mol. The van der Waals surface area contributed by atoms with Crippen molar-refractivity contribution in [3.05, 3.63) is 11.6 Å². The van der Waals surface area contributed by atoms with Gasteiger partial charge < -0.3 is 4.74 Å². The van der Waals surface area contributed by atoms with E-state index < -0.39 is 5.97 Å². The summed E-state index contributed by atoms with van der Waals surface area (Å²) < 4.78 is 4.37. The fourth-order valence-corrected chi connectivity index (χ4v) is 0.737. The zero-order valence-corrected chi connectivity index (χ0v) is 6.89. The molecule has 0 amide bonds. The van der Waals surface area contributed by atoms with E-state index in [1.165, 1.54) is 0 Å². The largest absolute Gasteiger partial charge is 0.369 e. The molecule has 60 valence electrons. The van der Waals surface area contributed by atoms with Crippen LogP contribution in [0.3, 0.4) is 0 Å². The molecule has 0 spiro atoms. The highest BCUT2D eigenvalue weighted by molar-refractivity contribution is 5.88. The molecule has 2 heteroatoms. The standard InChI is InChI=1S/C9H12O2/c1-4-7-8(5-2)9(10)11-6-3/h3,7H,4-5H2,1-2H3. The molecule has 0 N–H and O–H groups in total. The third kappa shape index (κ3) is 3.47. The van der Waals surface area contributed by atoms with Gasteiger partial charge in [0.2, 0.25) is 0 Å². The number of allylic oxidation sites excluding steroid dienone is 1. The Kier molecular flexibility index (Phi) is 4.93. The molecule has 0 unspecified atom stereocenters. The molecule has 0 aromatic rings. The van der Waals surface area contributed by atoms with Gasteiger partial charge in [0.1, 0.15) is 6.11 Å². The van der Waals surface area contributed by atoms with Crippen LogP contribution >= 0.6 is 0 Å². The number of esters is 1. The highest BCUT2D eigenvalue weighted by Crippen LogP contribution is 2.03. The Balaban J connectivity index is 4.17. The van der Waals surface area contributed by atoms with Gasteiger partial charge in [-0.3, -0.25) is 0 Å². The highest BCUT2D eigenvalue weighted by atomic mass is 16.5. The molecule has 0 bridgehead atoms. The maximum atomic E-state index is 10.9. The zero-order chi connectivity index (χ0) is 8.69. The van der Waals surface area contributed by atoms with Gasteiger partial charge in [0, 0.05) is 5.57 Å². The number of ether oxygens (including phenoxy) is 1. The topological polar surface area (TPSA) is 26.3 Å². The van der Waals surface area contributed by atoms with E-state index in [4.69, 9.17) is 6.42 Å². The van der Waals surface area contributed by atoms with Crippen LogP contribution in [0, 0.1) is 12.5 Å². The first-order valence-electron chi connectivity index (χ1n) is 3.62. The van der Waals surface area contributed by atoms with E-state index in [1.54, 1.807) is 0 Å². The minimum atomic E-state index is -0.406. The van der Waals surface area contributed by atoms with Crippen LogP contribution in [0.15, 0.2) is 11.6 Å². The van der Waals surface area contributed by atoms with Crippen LogP contribution in [-0.2, 0) is 9.53 Å². The second-order valence-corrected chi connectivity index (χ2v) is 2.00. The fourth-order valence-electron chi connectivity index (χ4n) is 0.737. The van der Waals surface area contributed by atoms with Crippen molar-refractivity contribution in [2.45, 2.75) is 26.7 Å². The van der Waals surface area contributed by atoms with Crippen molar-refractivity contribution in [1.82, 2.24) is 0 Å². The van der Waals surface area contributed by atoms with Crippen molar-refractivity contribution in [3.8, 4) is 12.5 Å². The number of carbonyl (C=O) groups is 1. The van der Waals surface area contributed by atoms with E-state index in [9.17, 15) is 4.79 Å². The van der Waals surface area contributed by atoms with Crippen molar-refractivity contribution in [3.63, 3.8) is 0 Å². The molecule has 0 aromatic carbocycles. The Morgan fingerprint density at radius 1 is 1.64 bits per heavy atom. The van der Waals surface area contributed by atoms with E-state index in [0.717, 1.165) is 6.42 Å². The molecule has 0 aliphatic heterocycles. The molecule has 0 aliphatic rings. The minimum Gasteiger partial charge on any atom is -0.369 e. The second-order valence-electron chi connectivity index (χ2n) is 2.00. The van der Waals surface area contributed by atoms with Gasteiger partial charge in [0.25, 0.3) is 0 Å². The van der Waals surface area contributed by atoms with E-state index >= 15 is 0 Å². The molecule has 0 fully saturated rings. The minimum absolute atomic E-state index is 0.406. The molecule has 0 aliphatic carbocycles. The van der Waals surface area contributed by atoms with E-state index in [-0.39, 0.29) is 0 Å². The van der Waals surface area contributed by atoms with Gasteiger partial charge in [0.05, 0.1) is 0 Å². The Hall–Kier alpha value is -1.23. The van der Waals surface area contributed by atoms with Crippen molar-refractivity contribution < 1.29 is 9.53 Å². The van der Waals surface area contributed by atoms with Crippen LogP contribution in [0.4, 0.5) is 0 Å². The van der Waals surface area contributed by atoms with Crippen LogP contribution < -0.4 is 0 Å². The lowest BCUT2D eigenvalue weighted by atomic mass is 10.2. The first kappa shape index (κ1) is 9.77. The maximum absolute atomic E-state index is 10.9. The predicted molar refractivity (Wildman–Crippen MR) is 43.6 cm³/mol. The Labute approximate surface area is 67.2 Å². The molecule has 0 rings (SSSR count). The summed E-state index contributed by atoms with van der Waals surface area (Å²) in [6.07, 6.45) is 9.95. The smallest absolute Gasteiger partial charge is 0.347 e. The van der Waals surface area contributed by atoms with Crippen LogP contribution in [-0.4, -0.2) is 5.97 Å². The normalized spacial score (nSPS) is 10.5. The number of terminal acetylenes is 1. The summed E-state index contributed by atoms with van der Waals surface area (Å²) in [4.78, 5) is 10.9. The molecule has 0 atom stereocenters. The number of carbonyl (C=O) groups excluding carboxylic acids is 1. The summed E-state index contributed by atoms with van der Waals surface area (Å²) in [7, 11) is 0. The van der Waals surface area contributed by atoms with Crippen LogP contribution in [0.1, 0.15) is 26.7 Å². The van der Waals surface area contributed by atoms with Crippen LogP contribution in [0.2, 0.25) is 0 Å². The van der Waals surface area contributed by atoms with Crippen LogP contribution in [0.25, 0.3) is 0 Å². The molecular weight excluding hydrogens is 140 g/mol. The molecular formula is C9H12O2. The van der Waals surface area contributed by atoms with E-state index in [0.29, 0.717) is 12.0 Å². The average Bonchev–Trinajstić information content (AvgIpc) is 2.00. The van der Waals surface area contributed by atoms with Gasteiger partial charge in [-0.2, -0.15) is 0 Å². The SMILES string of the molecule is C#COC(=O)C(=CCC)CC. The second kappa shape index (κ2) is 5.55. The Morgan fingerprint density at radius 2 is 2.27 bits per heavy atom. The quantitative estimate of drug-likeness (QED) is 0.350. The third-order valence-electron chi connectivity index (χ3n) is 1.25. The molecule has 0 saturated heterocycles. The van der Waals surface area contributed by atoms with Crippen molar-refractivity contribution in [2.24, 2.45) is 0 Å². The fraction of sp³-hybridized carbons (Fsp3) is 0.444. The van der Waals surface area contributed by atoms with E-state index in [1.807, 2.05) is 26.0 Å². The lowest BCUT2D eigenvalue weighted by molar-refractivity contribution is -0.132. The van der Waals surface area contributed by atoms with E-state index in [2.05, 4.69) is 4.74 Å². The summed E-state index contributed by atoms with van der Waals surface area (Å²) in [5.41, 5.74) is 0.644. The summed E-state index contributed by atoms with van der Waals surface area (Å²) in [6.45, 7) is 3.85. The first-order valence-corrected chi connectivity index (χ1v) is 3.62. The Bertz CT molecular complexity index is 196. The molecule has 0 aromatic heterocycles. The van der Waals surface area contributed by atoms with Crippen molar-refractivity contribution in [2.75, 3.05) is 0 Å². The molecule has 2 nitrogen and oxygen atoms in total. The predicted octanol–water partition coefficient (Wildman–Crippen LogP) is 1.87. The number of hydrogen-bond donors (Lipinski definition) is 0. The molecule has 0 saturated carbocycles. The average molecular weight is 152 g/mol. The van der Waals surface area contributed by atoms with Crippen molar-refractivity contribution >= 4 is 5.97 Å². The van der Waals surface area contributed by atoms with Crippen molar-refractivity contribution in [1.29, 1.82) is 0 Å². The van der Waals surface area contributed by atoms with Gasteiger partial charge in [0.15, 0.2) is 0 Å². The zero-order valence-electron chi connectivity index (χ0n) is 6.89. The molecule has 11 heavy (non-hydrogen) atoms. The third-order valence-corrected chi connectivity index (χ3v) is 1.25. The summed E-state index contributed by atoms with van der Waals surface area (Å²) in [5.74, 6) is -0.406. The summed E-state index contributed by atoms with van der Waals surface area (Å²) in [6, 6.07) is 0. The van der Waals surface area contributed by atoms with Gasteiger partial charge in [-0.25, -0.2) is 4.79 Å². The Morgan fingerprint density at radius 3 is 2.64 bits per heavy atom. The van der Waals surface area contributed by atoms with Gasteiger partial charge in [-0.15, -0.1) is 0 Å². The highest BCUT2D eigenvalue weighted by Gasteiger charge is 2.05. The van der Waals surface area contributed by atoms with Crippen LogP contribution in [0.5, 0.6) is 0 Å².